The minimum atomic E-state index is -0.699. The summed E-state index contributed by atoms with van der Waals surface area (Å²) in [5, 5.41) is 15.5. The lowest BCUT2D eigenvalue weighted by Crippen LogP contribution is -2.22. The van der Waals surface area contributed by atoms with E-state index in [4.69, 9.17) is 0 Å². The number of aliphatic hydroxyl groups excluding tert-OH is 1. The van der Waals surface area contributed by atoms with Crippen LogP contribution in [0.1, 0.15) is 31.7 Å². The molecule has 1 aromatic carbocycles. The second kappa shape index (κ2) is 7.07. The number of aliphatic hydroxyl groups is 1. The molecule has 3 N–H and O–H groups in total. The van der Waals surface area contributed by atoms with E-state index >= 15 is 0 Å². The second-order valence-corrected chi connectivity index (χ2v) is 6.64. The van der Waals surface area contributed by atoms with Crippen LogP contribution in [0.15, 0.2) is 24.4 Å². The van der Waals surface area contributed by atoms with E-state index in [0.717, 1.165) is 12.8 Å². The van der Waals surface area contributed by atoms with Crippen LogP contribution in [-0.2, 0) is 0 Å². The molecule has 0 amide bonds. The molecule has 7 nitrogen and oxygen atoms in total. The Labute approximate surface area is 154 Å². The molecule has 1 saturated carbocycles. The molecule has 27 heavy (non-hydrogen) atoms. The lowest BCUT2D eigenvalue weighted by atomic mass is 9.93. The van der Waals surface area contributed by atoms with E-state index < -0.39 is 11.6 Å². The molecule has 0 atom stereocenters. The molecule has 4 rings (SSSR count). The van der Waals surface area contributed by atoms with Gasteiger partial charge in [0.15, 0.2) is 5.65 Å². The number of rotatable bonds is 4. The number of nitrogens with zero attached hydrogens (tertiary/aromatic N) is 4. The monoisotopic (exact) mass is 374 g/mol. The van der Waals surface area contributed by atoms with Crippen LogP contribution in [0, 0.1) is 11.6 Å². The minimum absolute atomic E-state index is 0.00957. The van der Waals surface area contributed by atoms with Crippen molar-refractivity contribution in [2.75, 3.05) is 17.7 Å². The quantitative estimate of drug-likeness (QED) is 0.649. The van der Waals surface area contributed by atoms with Crippen molar-refractivity contribution in [3.8, 4) is 0 Å². The van der Waals surface area contributed by atoms with Crippen LogP contribution in [0.2, 0.25) is 0 Å². The molecule has 1 aliphatic rings. The maximum atomic E-state index is 14.1. The fraction of sp³-hybridized carbons (Fsp3) is 0.389. The standard InChI is InChI=1S/C18H20F2N6O/c1-21-17-22-9-14-16(25-17)26(10-5-7-11(27)8-6-10)18(23-14)24-15-12(19)3-2-4-13(15)20/h2-4,9-11,27H,5-8H2,1H3,(H,23,24)(H,21,22,25). The number of nitrogens with one attached hydrogen (secondary N) is 2. The summed E-state index contributed by atoms with van der Waals surface area (Å²) in [5.74, 6) is -0.662. The van der Waals surface area contributed by atoms with Gasteiger partial charge in [-0.05, 0) is 37.8 Å². The summed E-state index contributed by atoms with van der Waals surface area (Å²) < 4.78 is 30.1. The van der Waals surface area contributed by atoms with Gasteiger partial charge in [0, 0.05) is 13.1 Å². The van der Waals surface area contributed by atoms with Crippen LogP contribution in [-0.4, -0.2) is 37.8 Å². The SMILES string of the molecule is CNc1ncc2nc(Nc3c(F)cccc3F)n(C3CCC(O)CC3)c2n1. The van der Waals surface area contributed by atoms with Crippen LogP contribution >= 0.6 is 0 Å². The molecule has 1 aliphatic carbocycles. The molecule has 9 heteroatoms. The minimum Gasteiger partial charge on any atom is -0.393 e. The summed E-state index contributed by atoms with van der Waals surface area (Å²) in [6, 6.07) is 3.70. The fourth-order valence-electron chi connectivity index (χ4n) is 3.49. The fourth-order valence-corrected chi connectivity index (χ4v) is 3.49. The van der Waals surface area contributed by atoms with E-state index in [1.165, 1.54) is 18.2 Å². The number of aromatic nitrogens is 4. The molecule has 142 valence electrons. The van der Waals surface area contributed by atoms with Crippen molar-refractivity contribution >= 4 is 28.7 Å². The maximum Gasteiger partial charge on any atom is 0.224 e. The molecule has 2 aromatic heterocycles. The zero-order valence-electron chi connectivity index (χ0n) is 14.8. The highest BCUT2D eigenvalue weighted by Gasteiger charge is 2.26. The van der Waals surface area contributed by atoms with Crippen molar-refractivity contribution in [3.63, 3.8) is 0 Å². The highest BCUT2D eigenvalue weighted by atomic mass is 19.1. The normalized spacial score (nSPS) is 20.0. The summed E-state index contributed by atoms with van der Waals surface area (Å²) in [6.45, 7) is 0. The van der Waals surface area contributed by atoms with Gasteiger partial charge >= 0.3 is 0 Å². The lowest BCUT2D eigenvalue weighted by Gasteiger charge is -2.28. The smallest absolute Gasteiger partial charge is 0.224 e. The van der Waals surface area contributed by atoms with Gasteiger partial charge in [0.1, 0.15) is 22.8 Å². The van der Waals surface area contributed by atoms with E-state index in [9.17, 15) is 13.9 Å². The molecule has 0 spiro atoms. The van der Waals surface area contributed by atoms with Gasteiger partial charge in [-0.1, -0.05) is 6.07 Å². The van der Waals surface area contributed by atoms with Crippen LogP contribution in [0.5, 0.6) is 0 Å². The van der Waals surface area contributed by atoms with E-state index in [-0.39, 0.29) is 17.8 Å². The number of imidazole rings is 1. The maximum absolute atomic E-state index is 14.1. The largest absolute Gasteiger partial charge is 0.393 e. The Hall–Kier alpha value is -2.81. The third-order valence-corrected chi connectivity index (χ3v) is 4.89. The molecule has 0 saturated heterocycles. The van der Waals surface area contributed by atoms with Crippen molar-refractivity contribution in [1.29, 1.82) is 0 Å². The van der Waals surface area contributed by atoms with Gasteiger partial charge in [0.05, 0.1) is 12.3 Å². The average molecular weight is 374 g/mol. The Kier molecular flexibility index (Phi) is 4.61. The van der Waals surface area contributed by atoms with E-state index in [2.05, 4.69) is 25.6 Å². The molecular weight excluding hydrogens is 354 g/mol. The van der Waals surface area contributed by atoms with Gasteiger partial charge in [-0.15, -0.1) is 0 Å². The summed E-state index contributed by atoms with van der Waals surface area (Å²) in [5.41, 5.74) is 0.848. The first-order valence-electron chi connectivity index (χ1n) is 8.88. The number of hydrogen-bond acceptors (Lipinski definition) is 6. The average Bonchev–Trinajstić information content (AvgIpc) is 3.02. The molecule has 3 aromatic rings. The molecule has 1 fully saturated rings. The summed E-state index contributed by atoms with van der Waals surface area (Å²) in [4.78, 5) is 13.1. The van der Waals surface area contributed by atoms with Crippen molar-refractivity contribution in [3.05, 3.63) is 36.0 Å². The third kappa shape index (κ3) is 3.30. The van der Waals surface area contributed by atoms with Gasteiger partial charge in [0.2, 0.25) is 11.9 Å². The number of para-hydroxylation sites is 1. The first-order chi connectivity index (χ1) is 13.1. The predicted molar refractivity (Wildman–Crippen MR) is 98.0 cm³/mol. The van der Waals surface area contributed by atoms with Crippen molar-refractivity contribution in [1.82, 2.24) is 19.5 Å². The zero-order valence-corrected chi connectivity index (χ0v) is 14.8. The molecule has 0 radical (unpaired) electrons. The Morgan fingerprint density at radius 3 is 2.48 bits per heavy atom. The zero-order chi connectivity index (χ0) is 19.0. The lowest BCUT2D eigenvalue weighted by molar-refractivity contribution is 0.112. The number of halogens is 2. The van der Waals surface area contributed by atoms with Crippen LogP contribution in [0.3, 0.4) is 0 Å². The topological polar surface area (TPSA) is 87.9 Å². The number of hydrogen-bond donors (Lipinski definition) is 3. The Morgan fingerprint density at radius 2 is 1.81 bits per heavy atom. The Morgan fingerprint density at radius 1 is 1.11 bits per heavy atom. The number of fused-ring (bicyclic) bond motifs is 1. The second-order valence-electron chi connectivity index (χ2n) is 6.64. The molecule has 0 bridgehead atoms. The molecule has 0 unspecified atom stereocenters. The van der Waals surface area contributed by atoms with E-state index in [1.54, 1.807) is 13.2 Å². The van der Waals surface area contributed by atoms with Gasteiger partial charge in [-0.25, -0.2) is 18.7 Å². The Bertz CT molecular complexity index is 948. The molecular formula is C18H20F2N6O. The predicted octanol–water partition coefficient (Wildman–Crippen LogP) is 3.37. The summed E-state index contributed by atoms with van der Waals surface area (Å²) in [6.07, 6.45) is 4.01. The summed E-state index contributed by atoms with van der Waals surface area (Å²) in [7, 11) is 1.72. The number of anilines is 3. The van der Waals surface area contributed by atoms with Gasteiger partial charge in [0.25, 0.3) is 0 Å². The van der Waals surface area contributed by atoms with Gasteiger partial charge in [-0.2, -0.15) is 4.98 Å². The van der Waals surface area contributed by atoms with Crippen molar-refractivity contribution < 1.29 is 13.9 Å². The van der Waals surface area contributed by atoms with Crippen molar-refractivity contribution in [2.24, 2.45) is 0 Å². The van der Waals surface area contributed by atoms with Crippen LogP contribution < -0.4 is 10.6 Å². The van der Waals surface area contributed by atoms with Gasteiger partial charge < -0.3 is 15.7 Å². The highest BCUT2D eigenvalue weighted by Crippen LogP contribution is 2.35. The Balaban J connectivity index is 1.82. The van der Waals surface area contributed by atoms with Crippen molar-refractivity contribution in [2.45, 2.75) is 37.8 Å². The van der Waals surface area contributed by atoms with E-state index in [0.29, 0.717) is 35.9 Å². The highest BCUT2D eigenvalue weighted by molar-refractivity contribution is 5.76. The van der Waals surface area contributed by atoms with Crippen LogP contribution in [0.4, 0.5) is 26.4 Å². The van der Waals surface area contributed by atoms with Gasteiger partial charge in [-0.3, -0.25) is 4.57 Å². The molecule has 0 aliphatic heterocycles. The first-order valence-corrected chi connectivity index (χ1v) is 8.88. The summed E-state index contributed by atoms with van der Waals surface area (Å²) >= 11 is 0. The third-order valence-electron chi connectivity index (χ3n) is 4.89. The molecule has 2 heterocycles. The first kappa shape index (κ1) is 17.6. The van der Waals surface area contributed by atoms with E-state index in [1.807, 2.05) is 4.57 Å². The number of benzene rings is 1. The van der Waals surface area contributed by atoms with Crippen LogP contribution in [0.25, 0.3) is 11.2 Å².